The summed E-state index contributed by atoms with van der Waals surface area (Å²) in [6.45, 7) is 19.3. The van der Waals surface area contributed by atoms with Crippen molar-refractivity contribution >= 4 is 29.2 Å². The van der Waals surface area contributed by atoms with Crippen LogP contribution in [0, 0.1) is 0 Å². The predicted octanol–water partition coefficient (Wildman–Crippen LogP) is 5.84. The lowest BCUT2D eigenvalue weighted by molar-refractivity contribution is -0.198. The Labute approximate surface area is 521 Å². The van der Waals surface area contributed by atoms with Gasteiger partial charge in [0.2, 0.25) is 0 Å². The zero-order valence-electron chi connectivity index (χ0n) is 53.0. The largest absolute Gasteiger partial charge is 0.382 e. The summed E-state index contributed by atoms with van der Waals surface area (Å²) in [5.74, 6) is -1.75. The molecule has 0 spiro atoms. The first-order valence-corrected chi connectivity index (χ1v) is 31.0. The Morgan fingerprint density at radius 1 is 0.455 bits per heavy atom. The molecule has 3 aliphatic rings. The monoisotopic (exact) mass is 1240 g/mol. The number of carbonyl (C=O) groups is 3. The number of benzene rings is 2. The molecule has 3 heterocycles. The molecule has 0 aromatic heterocycles. The van der Waals surface area contributed by atoms with Crippen molar-refractivity contribution in [2.45, 2.75) is 62.8 Å². The molecule has 0 bridgehead atoms. The summed E-state index contributed by atoms with van der Waals surface area (Å²) in [4.78, 5) is 45.0. The fourth-order valence-corrected chi connectivity index (χ4v) is 10.3. The van der Waals surface area contributed by atoms with Gasteiger partial charge in [0.15, 0.2) is 0 Å². The number of hydroxylamine groups is 2. The van der Waals surface area contributed by atoms with Crippen molar-refractivity contribution in [1.82, 2.24) is 5.06 Å². The van der Waals surface area contributed by atoms with E-state index in [1.807, 2.05) is 0 Å². The highest BCUT2D eigenvalue weighted by Gasteiger charge is 2.46. The number of hydrogen-bond donors (Lipinski definition) is 0. The van der Waals surface area contributed by atoms with Crippen LogP contribution in [0.3, 0.4) is 0 Å². The molecule has 88 heavy (non-hydrogen) atoms. The Kier molecular flexibility index (Phi) is 38.2. The van der Waals surface area contributed by atoms with Crippen LogP contribution in [0.4, 0.5) is 11.4 Å². The molecule has 0 N–H and O–H groups in total. The van der Waals surface area contributed by atoms with Crippen molar-refractivity contribution < 1.29 is 95.0 Å². The summed E-state index contributed by atoms with van der Waals surface area (Å²) in [5, 5.41) is 0.529. The predicted molar refractivity (Wildman–Crippen MR) is 330 cm³/mol. The fourth-order valence-electron chi connectivity index (χ4n) is 10.3. The molecule has 3 aliphatic heterocycles. The van der Waals surface area contributed by atoms with Crippen molar-refractivity contribution in [2.75, 3.05) is 236 Å². The number of methoxy groups -OCH3 is 3. The third-order valence-corrected chi connectivity index (χ3v) is 15.0. The Balaban J connectivity index is 1.20. The van der Waals surface area contributed by atoms with Gasteiger partial charge < -0.3 is 90.4 Å². The van der Waals surface area contributed by atoms with Gasteiger partial charge in [-0.15, -0.1) is 5.06 Å². The summed E-state index contributed by atoms with van der Waals surface area (Å²) in [6, 6.07) is 17.2. The molecular formula is C65H101N3O20. The minimum Gasteiger partial charge on any atom is -0.382 e. The van der Waals surface area contributed by atoms with E-state index in [2.05, 4.69) is 103 Å². The molecule has 0 saturated carbocycles. The van der Waals surface area contributed by atoms with Gasteiger partial charge in [-0.25, -0.2) is 4.79 Å². The van der Waals surface area contributed by atoms with Gasteiger partial charge >= 0.3 is 5.97 Å². The van der Waals surface area contributed by atoms with Crippen LogP contribution in [-0.2, 0) is 106 Å². The number of ether oxygens (including phenoxy) is 16. The van der Waals surface area contributed by atoms with Gasteiger partial charge in [0.1, 0.15) is 0 Å². The molecule has 3 unspecified atom stereocenters. The highest BCUT2D eigenvalue weighted by molar-refractivity contribution is 6.01. The van der Waals surface area contributed by atoms with Crippen LogP contribution in [-0.4, -0.2) is 255 Å². The summed E-state index contributed by atoms with van der Waals surface area (Å²) < 4.78 is 90.7. The maximum atomic E-state index is 12.0. The van der Waals surface area contributed by atoms with E-state index in [-0.39, 0.29) is 49.3 Å². The quantitative estimate of drug-likeness (QED) is 0.0432. The average Bonchev–Trinajstić information content (AvgIpc) is 2.47. The van der Waals surface area contributed by atoms with Gasteiger partial charge in [-0.3, -0.25) is 9.59 Å². The summed E-state index contributed by atoms with van der Waals surface area (Å²) in [5.41, 5.74) is 5.28. The second-order valence-electron chi connectivity index (χ2n) is 21.1. The second kappa shape index (κ2) is 45.5. The van der Waals surface area contributed by atoms with Crippen molar-refractivity contribution in [1.29, 1.82) is 0 Å². The summed E-state index contributed by atoms with van der Waals surface area (Å²) in [7, 11) is 4.96. The number of imide groups is 1. The van der Waals surface area contributed by atoms with Crippen LogP contribution in [0.5, 0.6) is 0 Å². The highest BCUT2D eigenvalue weighted by atomic mass is 16.7. The van der Waals surface area contributed by atoms with Crippen molar-refractivity contribution in [3.8, 4) is 0 Å². The lowest BCUT2D eigenvalue weighted by atomic mass is 9.75. The smallest absolute Gasteiger partial charge is 0.335 e. The standard InChI is InChI=1S/C65H101N3O20/c1-64(22-27-76-38-43-84-50-47-80-34-31-72-3)55-13-9-11-15-57(55)66(24-29-78-40-45-86-52-49-82-36-33-74-5)59(64)17-7-6-8-18-60-65(2,23-28-77-39-44-85-51-48-81-35-32-73-4)56-14-10-12-16-58(56)67(60)25-30-79-41-46-87-54-53-83-42-37-75-26-21-63(71)88-68-61(69)19-20-62(68)70/h6-18,59H,19-54H2,1-5H3/b8-6+,17-7+,60-18+. The zero-order valence-corrected chi connectivity index (χ0v) is 53.0. The number of rotatable bonds is 55. The van der Waals surface area contributed by atoms with E-state index in [1.165, 1.54) is 16.8 Å². The van der Waals surface area contributed by atoms with Crippen molar-refractivity contribution in [2.24, 2.45) is 0 Å². The SMILES string of the molecule is COCCOCCOCCOCCN1c2ccccc2C(C)(CCOCCOCCOCCOC)C1/C=C/C=C/C=C1/N(CCOCCOCCOCCOCCC(=O)ON2C(=O)CCC2=O)c2ccccc2C1(C)CCOCCOCCOCCOC. The minimum absolute atomic E-state index is 0.00694. The normalized spacial score (nSPS) is 18.8. The highest BCUT2D eigenvalue weighted by Crippen LogP contribution is 2.50. The number of para-hydroxylation sites is 2. The van der Waals surface area contributed by atoms with Gasteiger partial charge in [0, 0.05) is 88.4 Å². The summed E-state index contributed by atoms with van der Waals surface area (Å²) in [6.07, 6.45) is 12.5. The molecule has 1 fully saturated rings. The van der Waals surface area contributed by atoms with Crippen LogP contribution in [0.2, 0.25) is 0 Å². The van der Waals surface area contributed by atoms with Gasteiger partial charge in [-0.2, -0.15) is 0 Å². The van der Waals surface area contributed by atoms with Gasteiger partial charge in [-0.1, -0.05) is 67.6 Å². The second-order valence-corrected chi connectivity index (χ2v) is 21.1. The van der Waals surface area contributed by atoms with Gasteiger partial charge in [-0.05, 0) is 49.1 Å². The van der Waals surface area contributed by atoms with E-state index >= 15 is 0 Å². The molecule has 2 aromatic rings. The van der Waals surface area contributed by atoms with Gasteiger partial charge in [0.25, 0.3) is 11.8 Å². The molecule has 0 radical (unpaired) electrons. The maximum Gasteiger partial charge on any atom is 0.335 e. The molecule has 5 rings (SSSR count). The number of fused-ring (bicyclic) bond motifs is 2. The van der Waals surface area contributed by atoms with Crippen LogP contribution < -0.4 is 9.80 Å². The van der Waals surface area contributed by atoms with E-state index in [0.29, 0.717) is 197 Å². The van der Waals surface area contributed by atoms with Gasteiger partial charge in [0.05, 0.1) is 191 Å². The molecule has 2 aromatic carbocycles. The Morgan fingerprint density at radius 3 is 1.34 bits per heavy atom. The molecule has 23 heteroatoms. The Hall–Kier alpha value is -4.77. The van der Waals surface area contributed by atoms with Crippen molar-refractivity contribution in [3.63, 3.8) is 0 Å². The third-order valence-electron chi connectivity index (χ3n) is 15.0. The number of anilines is 2. The van der Waals surface area contributed by atoms with Crippen LogP contribution in [0.25, 0.3) is 0 Å². The molecule has 1 saturated heterocycles. The molecule has 496 valence electrons. The Morgan fingerprint density at radius 2 is 0.852 bits per heavy atom. The molecule has 2 amide bonds. The maximum absolute atomic E-state index is 12.0. The average molecular weight is 1240 g/mol. The number of nitrogens with zero attached hydrogens (tertiary/aromatic N) is 3. The first-order chi connectivity index (χ1) is 43.2. The Bertz CT molecular complexity index is 2290. The van der Waals surface area contributed by atoms with E-state index in [4.69, 9.17) is 80.6 Å². The van der Waals surface area contributed by atoms with E-state index in [1.54, 1.807) is 21.3 Å². The van der Waals surface area contributed by atoms with Crippen molar-refractivity contribution in [3.05, 3.63) is 95.7 Å². The third kappa shape index (κ3) is 26.6. The van der Waals surface area contributed by atoms with E-state index in [0.717, 1.165) is 24.2 Å². The number of allylic oxidation sites excluding steroid dienone is 5. The topological polar surface area (TPSA) is 218 Å². The molecular weight excluding hydrogens is 1140 g/mol. The first-order valence-electron chi connectivity index (χ1n) is 31.0. The lowest BCUT2D eigenvalue weighted by Gasteiger charge is -2.35. The van der Waals surface area contributed by atoms with Crippen LogP contribution >= 0.6 is 0 Å². The zero-order chi connectivity index (χ0) is 62.6. The van der Waals surface area contributed by atoms with E-state index in [9.17, 15) is 14.4 Å². The lowest BCUT2D eigenvalue weighted by Crippen LogP contribution is -2.44. The van der Waals surface area contributed by atoms with Crippen LogP contribution in [0.15, 0.2) is 84.6 Å². The molecule has 0 aliphatic carbocycles. The fraction of sp³-hybridized carbons (Fsp3) is 0.677. The molecule has 3 atom stereocenters. The number of hydrogen-bond acceptors (Lipinski definition) is 22. The summed E-state index contributed by atoms with van der Waals surface area (Å²) >= 11 is 0. The van der Waals surface area contributed by atoms with E-state index < -0.39 is 17.8 Å². The molecule has 23 nitrogen and oxygen atoms in total. The number of amides is 2. The number of carbonyl (C=O) groups excluding carboxylic acids is 3. The minimum atomic E-state index is -0.709. The van der Waals surface area contributed by atoms with Crippen LogP contribution in [0.1, 0.15) is 57.1 Å². The first kappa shape index (κ1) is 74.0.